The van der Waals surface area contributed by atoms with Crippen LogP contribution in [0.2, 0.25) is 0 Å². The van der Waals surface area contributed by atoms with Crippen molar-refractivity contribution in [3.8, 4) is 17.2 Å². The lowest BCUT2D eigenvalue weighted by molar-refractivity contribution is -0.125. The zero-order chi connectivity index (χ0) is 33.1. The second kappa shape index (κ2) is 13.3. The molecule has 0 bridgehead atoms. The molecule has 0 unspecified atom stereocenters. The van der Waals surface area contributed by atoms with Crippen LogP contribution in [0.3, 0.4) is 0 Å². The summed E-state index contributed by atoms with van der Waals surface area (Å²) in [6.45, 7) is 5.59. The Kier molecular flexibility index (Phi) is 8.98. The first-order valence-corrected chi connectivity index (χ1v) is 16.5. The molecule has 0 radical (unpaired) electrons. The summed E-state index contributed by atoms with van der Waals surface area (Å²) in [5.74, 6) is 1.18. The number of aromatic nitrogens is 5. The molecule has 1 aliphatic heterocycles. The van der Waals surface area contributed by atoms with Crippen molar-refractivity contribution < 1.29 is 31.9 Å². The molecule has 47 heavy (non-hydrogen) atoms. The van der Waals surface area contributed by atoms with Crippen LogP contribution in [0.15, 0.2) is 64.3 Å². The minimum absolute atomic E-state index is 0.0482. The molecule has 4 aromatic heterocycles. The maximum absolute atomic E-state index is 13.1. The zero-order valence-electron chi connectivity index (χ0n) is 26.5. The third kappa shape index (κ3) is 6.99. The van der Waals surface area contributed by atoms with Crippen molar-refractivity contribution in [2.24, 2.45) is 5.92 Å². The van der Waals surface area contributed by atoms with E-state index in [0.717, 1.165) is 43.0 Å². The van der Waals surface area contributed by atoms with Gasteiger partial charge in [-0.3, -0.25) is 19.2 Å². The van der Waals surface area contributed by atoms with Gasteiger partial charge in [0.15, 0.2) is 11.6 Å². The number of rotatable bonds is 12. The van der Waals surface area contributed by atoms with Gasteiger partial charge < -0.3 is 23.6 Å². The summed E-state index contributed by atoms with van der Waals surface area (Å²) in [6, 6.07) is 11.6. The van der Waals surface area contributed by atoms with Crippen molar-refractivity contribution in [1.82, 2.24) is 24.9 Å². The fourth-order valence-electron chi connectivity index (χ4n) is 5.68. The number of fused-ring (bicyclic) bond motifs is 1. The van der Waals surface area contributed by atoms with Crippen LogP contribution >= 0.6 is 0 Å². The number of hydrogen-bond donors (Lipinski definition) is 1. The Balaban J connectivity index is 1.09. The molecule has 1 saturated heterocycles. The Bertz CT molecular complexity index is 2000. The van der Waals surface area contributed by atoms with Crippen LogP contribution in [0.1, 0.15) is 29.9 Å². The Hall–Kier alpha value is -5.18. The molecule has 6 rings (SSSR count). The van der Waals surface area contributed by atoms with Crippen molar-refractivity contribution in [1.29, 1.82) is 0 Å². The Morgan fingerprint density at radius 1 is 1.02 bits per heavy atom. The number of nitrogens with one attached hydrogen (secondary N) is 1. The van der Waals surface area contributed by atoms with Crippen LogP contribution in [-0.2, 0) is 21.4 Å². The molecule has 5 aromatic rings. The van der Waals surface area contributed by atoms with Gasteiger partial charge in [-0.1, -0.05) is 17.3 Å². The van der Waals surface area contributed by atoms with Crippen LogP contribution in [-0.4, -0.2) is 73.0 Å². The van der Waals surface area contributed by atoms with E-state index in [-0.39, 0.29) is 45.9 Å². The maximum atomic E-state index is 13.1. The topological polar surface area (TPSA) is 164 Å². The lowest BCUT2D eigenvalue weighted by Gasteiger charge is -2.31. The molecule has 14 nitrogen and oxygen atoms in total. The number of nitrogens with zero attached hydrogens (tertiary/aromatic N) is 6. The van der Waals surface area contributed by atoms with E-state index < -0.39 is 10.0 Å². The number of benzene rings is 1. The number of Topliss-reactive ketones (excluding diaryl/α,β-unsaturated/α-hetero) is 1. The molecule has 0 spiro atoms. The summed E-state index contributed by atoms with van der Waals surface area (Å²) in [7, 11) is -1.20. The SMILES string of the molecule is COc1ccccc1S(=O)(=O)Nc1noc2nc(Cn3cc(N4CCC(C(=O)COc5cc(C)nc(C)c5)CC4)cn3)cc(OC)c12. The molecule has 1 N–H and O–H groups in total. The molecule has 15 heteroatoms. The van der Waals surface area contributed by atoms with Gasteiger partial charge in [0.1, 0.15) is 34.1 Å². The van der Waals surface area contributed by atoms with Crippen molar-refractivity contribution in [3.05, 3.63) is 71.9 Å². The molecule has 1 aliphatic rings. The van der Waals surface area contributed by atoms with E-state index in [4.69, 9.17) is 18.7 Å². The van der Waals surface area contributed by atoms with Crippen molar-refractivity contribution in [2.45, 2.75) is 38.1 Å². The second-order valence-corrected chi connectivity index (χ2v) is 12.9. The fourth-order valence-corrected chi connectivity index (χ4v) is 6.86. The third-order valence-corrected chi connectivity index (χ3v) is 9.35. The molecule has 0 saturated carbocycles. The maximum Gasteiger partial charge on any atom is 0.266 e. The number of methoxy groups -OCH3 is 2. The number of carbonyl (C=O) groups excluding carboxylic acids is 1. The van der Waals surface area contributed by atoms with Crippen LogP contribution in [0.4, 0.5) is 11.5 Å². The van der Waals surface area contributed by atoms with Gasteiger partial charge in [0, 0.05) is 54.8 Å². The number of piperidine rings is 1. The van der Waals surface area contributed by atoms with Gasteiger partial charge >= 0.3 is 0 Å². The molecule has 0 amide bonds. The lowest BCUT2D eigenvalue weighted by Crippen LogP contribution is -2.37. The van der Waals surface area contributed by atoms with E-state index >= 15 is 0 Å². The summed E-state index contributed by atoms with van der Waals surface area (Å²) in [5, 5.41) is 8.72. The Labute approximate surface area is 271 Å². The van der Waals surface area contributed by atoms with Crippen molar-refractivity contribution >= 4 is 38.4 Å². The number of ketones is 1. The first-order chi connectivity index (χ1) is 22.6. The van der Waals surface area contributed by atoms with E-state index in [0.29, 0.717) is 23.7 Å². The predicted octanol–water partition coefficient (Wildman–Crippen LogP) is 4.16. The first kappa shape index (κ1) is 31.8. The standard InChI is InChI=1S/C32H35N7O7S/c1-20-13-25(14-21(2)34-20)45-19-26(40)22-9-11-38(12-10-22)24-16-33-39(18-24)17-23-15-28(44-4)30-31(36-46-32(30)35-23)37-47(41,42)29-8-6-5-7-27(29)43-3/h5-8,13-16,18,22H,9-12,17,19H2,1-4H3,(H,36,37). The van der Waals surface area contributed by atoms with Gasteiger partial charge in [0.05, 0.1) is 38.3 Å². The highest BCUT2D eigenvalue weighted by atomic mass is 32.2. The van der Waals surface area contributed by atoms with Gasteiger partial charge in [-0.05, 0) is 38.8 Å². The van der Waals surface area contributed by atoms with E-state index in [1.165, 1.54) is 20.3 Å². The number of anilines is 2. The molecule has 1 aromatic carbocycles. The second-order valence-electron chi connectivity index (χ2n) is 11.3. The highest BCUT2D eigenvalue weighted by Gasteiger charge is 2.27. The number of para-hydroxylation sites is 1. The summed E-state index contributed by atoms with van der Waals surface area (Å²) < 4.78 is 52.5. The monoisotopic (exact) mass is 661 g/mol. The Morgan fingerprint density at radius 3 is 2.47 bits per heavy atom. The van der Waals surface area contributed by atoms with Gasteiger partial charge in [-0.25, -0.2) is 13.4 Å². The summed E-state index contributed by atoms with van der Waals surface area (Å²) in [5.41, 5.74) is 3.33. The number of sulfonamides is 1. The molecule has 0 atom stereocenters. The molecular weight excluding hydrogens is 626 g/mol. The largest absolute Gasteiger partial charge is 0.496 e. The summed E-state index contributed by atoms with van der Waals surface area (Å²) >= 11 is 0. The normalized spacial score (nSPS) is 13.9. The Morgan fingerprint density at radius 2 is 1.74 bits per heavy atom. The van der Waals surface area contributed by atoms with E-state index in [1.54, 1.807) is 35.1 Å². The average molecular weight is 662 g/mol. The van der Waals surface area contributed by atoms with E-state index in [2.05, 4.69) is 29.8 Å². The lowest BCUT2D eigenvalue weighted by atomic mass is 9.92. The fraction of sp³-hybridized carbons (Fsp3) is 0.344. The van der Waals surface area contributed by atoms with Gasteiger partial charge in [-0.15, -0.1) is 0 Å². The molecule has 5 heterocycles. The van der Waals surface area contributed by atoms with Crippen molar-refractivity contribution in [2.75, 3.05) is 43.5 Å². The number of aryl methyl sites for hydroxylation is 2. The summed E-state index contributed by atoms with van der Waals surface area (Å²) in [4.78, 5) is 23.9. The number of carbonyl (C=O) groups is 1. The minimum atomic E-state index is -4.06. The molecule has 246 valence electrons. The first-order valence-electron chi connectivity index (χ1n) is 15.0. The number of hydrogen-bond acceptors (Lipinski definition) is 12. The van der Waals surface area contributed by atoms with E-state index in [1.807, 2.05) is 32.2 Å². The van der Waals surface area contributed by atoms with Crippen LogP contribution in [0.5, 0.6) is 17.2 Å². The highest BCUT2D eigenvalue weighted by molar-refractivity contribution is 7.92. The third-order valence-electron chi connectivity index (χ3n) is 7.97. The highest BCUT2D eigenvalue weighted by Crippen LogP contribution is 2.34. The quantitative estimate of drug-likeness (QED) is 0.203. The van der Waals surface area contributed by atoms with Crippen LogP contribution in [0.25, 0.3) is 11.1 Å². The van der Waals surface area contributed by atoms with Crippen molar-refractivity contribution in [3.63, 3.8) is 0 Å². The van der Waals surface area contributed by atoms with Gasteiger partial charge in [-0.2, -0.15) is 5.10 Å². The number of ether oxygens (including phenoxy) is 3. The molecule has 0 aliphatic carbocycles. The molecule has 1 fully saturated rings. The van der Waals surface area contributed by atoms with Gasteiger partial charge in [0.2, 0.25) is 0 Å². The number of pyridine rings is 2. The van der Waals surface area contributed by atoms with Crippen LogP contribution < -0.4 is 23.8 Å². The van der Waals surface area contributed by atoms with Crippen LogP contribution in [0, 0.1) is 19.8 Å². The minimum Gasteiger partial charge on any atom is -0.496 e. The smallest absolute Gasteiger partial charge is 0.266 e. The predicted molar refractivity (Wildman–Crippen MR) is 173 cm³/mol. The zero-order valence-corrected chi connectivity index (χ0v) is 27.3. The molecular formula is C32H35N7O7S. The summed E-state index contributed by atoms with van der Waals surface area (Å²) in [6.07, 6.45) is 5.16. The van der Waals surface area contributed by atoms with E-state index in [9.17, 15) is 13.2 Å². The average Bonchev–Trinajstić information content (AvgIpc) is 3.69. The van der Waals surface area contributed by atoms with Gasteiger partial charge in [0.25, 0.3) is 15.7 Å².